The Kier molecular flexibility index (Phi) is 8.13. The van der Waals surface area contributed by atoms with Crippen molar-refractivity contribution in [2.75, 3.05) is 52.4 Å². The quantitative estimate of drug-likeness (QED) is 0.687. The van der Waals surface area contributed by atoms with Gasteiger partial charge in [0.2, 0.25) is 15.9 Å². The van der Waals surface area contributed by atoms with E-state index in [2.05, 4.69) is 17.1 Å². The number of aryl methyl sites for hydroxylation is 3. The summed E-state index contributed by atoms with van der Waals surface area (Å²) >= 11 is 0. The van der Waals surface area contributed by atoms with Crippen molar-refractivity contribution in [2.45, 2.75) is 57.9 Å². The highest BCUT2D eigenvalue weighted by Gasteiger charge is 2.31. The zero-order valence-corrected chi connectivity index (χ0v) is 20.3. The molecule has 1 atom stereocenters. The summed E-state index contributed by atoms with van der Waals surface area (Å²) in [5.74, 6) is -0.113. The van der Waals surface area contributed by atoms with E-state index in [0.717, 1.165) is 49.2 Å². The molecule has 2 heterocycles. The average molecular weight is 451 g/mol. The van der Waals surface area contributed by atoms with E-state index in [-0.39, 0.29) is 12.5 Å². The molecule has 0 radical (unpaired) electrons. The molecule has 2 aliphatic rings. The number of piperazine rings is 1. The molecule has 8 heteroatoms. The molecule has 2 fully saturated rings. The van der Waals surface area contributed by atoms with Crippen LogP contribution in [0.4, 0.5) is 0 Å². The van der Waals surface area contributed by atoms with Crippen LogP contribution in [0.2, 0.25) is 0 Å². The van der Waals surface area contributed by atoms with E-state index in [1.54, 1.807) is 11.0 Å². The minimum atomic E-state index is -3.78. The first kappa shape index (κ1) is 24.2. The molecule has 1 amide bonds. The lowest BCUT2D eigenvalue weighted by Gasteiger charge is -2.35. The van der Waals surface area contributed by atoms with Crippen molar-refractivity contribution in [2.24, 2.45) is 0 Å². The summed E-state index contributed by atoms with van der Waals surface area (Å²) in [5, 5.41) is 3.24. The van der Waals surface area contributed by atoms with Gasteiger partial charge in [-0.3, -0.25) is 9.69 Å². The third kappa shape index (κ3) is 5.86. The van der Waals surface area contributed by atoms with Gasteiger partial charge in [-0.15, -0.1) is 0 Å². The number of likely N-dealkylation sites (tertiary alicyclic amines) is 1. The van der Waals surface area contributed by atoms with Crippen LogP contribution in [-0.2, 0) is 14.8 Å². The monoisotopic (exact) mass is 450 g/mol. The molecule has 174 valence electrons. The van der Waals surface area contributed by atoms with Crippen LogP contribution in [0, 0.1) is 20.8 Å². The SMILES string of the molecule is Cc1cc(C)c(S(=O)(=O)N(CCN2CCCC[C@H]2C)CC(=O)N2CCNCC2)cc1C. The Hall–Kier alpha value is -1.48. The van der Waals surface area contributed by atoms with Crippen LogP contribution in [0.5, 0.6) is 0 Å². The molecule has 1 aromatic rings. The smallest absolute Gasteiger partial charge is 0.243 e. The molecular formula is C23H38N4O3S. The highest BCUT2D eigenvalue weighted by molar-refractivity contribution is 7.89. The lowest BCUT2D eigenvalue weighted by molar-refractivity contribution is -0.132. The van der Waals surface area contributed by atoms with Crippen LogP contribution in [0.25, 0.3) is 0 Å². The predicted octanol–water partition coefficient (Wildman–Crippen LogP) is 1.91. The van der Waals surface area contributed by atoms with Gasteiger partial charge in [-0.2, -0.15) is 4.31 Å². The van der Waals surface area contributed by atoms with Gasteiger partial charge in [0.05, 0.1) is 11.4 Å². The number of hydrogen-bond donors (Lipinski definition) is 1. The second-order valence-corrected chi connectivity index (χ2v) is 11.0. The molecule has 2 saturated heterocycles. The molecule has 0 aromatic heterocycles. The number of carbonyl (C=O) groups is 1. The van der Waals surface area contributed by atoms with E-state index in [9.17, 15) is 13.2 Å². The Labute approximate surface area is 187 Å². The van der Waals surface area contributed by atoms with Gasteiger partial charge < -0.3 is 10.2 Å². The fraction of sp³-hybridized carbons (Fsp3) is 0.696. The van der Waals surface area contributed by atoms with E-state index in [4.69, 9.17) is 0 Å². The van der Waals surface area contributed by atoms with Crippen molar-refractivity contribution in [3.63, 3.8) is 0 Å². The Bertz CT molecular complexity index is 881. The predicted molar refractivity (Wildman–Crippen MR) is 124 cm³/mol. The molecule has 1 N–H and O–H groups in total. The second-order valence-electron chi connectivity index (χ2n) is 9.05. The van der Waals surface area contributed by atoms with E-state index < -0.39 is 10.0 Å². The minimum Gasteiger partial charge on any atom is -0.339 e. The Balaban J connectivity index is 1.84. The maximum absolute atomic E-state index is 13.7. The number of carbonyl (C=O) groups excluding carboxylic acids is 1. The number of amides is 1. The Morgan fingerprint density at radius 3 is 2.42 bits per heavy atom. The maximum atomic E-state index is 13.7. The van der Waals surface area contributed by atoms with Gasteiger partial charge in [-0.25, -0.2) is 8.42 Å². The summed E-state index contributed by atoms with van der Waals surface area (Å²) in [7, 11) is -3.78. The Morgan fingerprint density at radius 2 is 1.74 bits per heavy atom. The van der Waals surface area contributed by atoms with Crippen molar-refractivity contribution >= 4 is 15.9 Å². The van der Waals surface area contributed by atoms with Gasteiger partial charge in [-0.1, -0.05) is 12.5 Å². The molecule has 7 nitrogen and oxygen atoms in total. The molecule has 31 heavy (non-hydrogen) atoms. The van der Waals surface area contributed by atoms with Crippen LogP contribution >= 0.6 is 0 Å². The van der Waals surface area contributed by atoms with Crippen LogP contribution < -0.4 is 5.32 Å². The van der Waals surface area contributed by atoms with Gasteiger partial charge in [0.1, 0.15) is 0 Å². The first-order valence-electron chi connectivity index (χ1n) is 11.5. The van der Waals surface area contributed by atoms with Crippen LogP contribution in [-0.4, -0.2) is 86.8 Å². The zero-order chi connectivity index (χ0) is 22.6. The average Bonchev–Trinajstić information content (AvgIpc) is 2.75. The maximum Gasteiger partial charge on any atom is 0.243 e. The van der Waals surface area contributed by atoms with Crippen molar-refractivity contribution < 1.29 is 13.2 Å². The summed E-state index contributed by atoms with van der Waals surface area (Å²) in [6.07, 6.45) is 3.51. The lowest BCUT2D eigenvalue weighted by Crippen LogP contribution is -2.51. The summed E-state index contributed by atoms with van der Waals surface area (Å²) in [6.45, 7) is 12.6. The van der Waals surface area contributed by atoms with Crippen LogP contribution in [0.3, 0.4) is 0 Å². The van der Waals surface area contributed by atoms with Crippen molar-refractivity contribution in [1.82, 2.24) is 19.4 Å². The number of sulfonamides is 1. The first-order valence-corrected chi connectivity index (χ1v) is 12.9. The topological polar surface area (TPSA) is 73.0 Å². The molecule has 2 aliphatic heterocycles. The molecule has 0 bridgehead atoms. The highest BCUT2D eigenvalue weighted by Crippen LogP contribution is 2.24. The van der Waals surface area contributed by atoms with E-state index >= 15 is 0 Å². The zero-order valence-electron chi connectivity index (χ0n) is 19.5. The van der Waals surface area contributed by atoms with E-state index in [1.165, 1.54) is 10.7 Å². The number of nitrogens with zero attached hydrogens (tertiary/aromatic N) is 3. The van der Waals surface area contributed by atoms with Crippen molar-refractivity contribution in [1.29, 1.82) is 0 Å². The number of rotatable bonds is 7. The number of nitrogens with one attached hydrogen (secondary N) is 1. The molecule has 1 aromatic carbocycles. The fourth-order valence-electron chi connectivity index (χ4n) is 4.53. The van der Waals surface area contributed by atoms with Gasteiger partial charge in [0.25, 0.3) is 0 Å². The molecule has 3 rings (SSSR count). The highest BCUT2D eigenvalue weighted by atomic mass is 32.2. The third-order valence-corrected chi connectivity index (χ3v) is 8.75. The van der Waals surface area contributed by atoms with E-state index in [1.807, 2.05) is 26.8 Å². The summed E-state index contributed by atoms with van der Waals surface area (Å²) in [5.41, 5.74) is 2.75. The minimum absolute atomic E-state index is 0.100. The Morgan fingerprint density at radius 1 is 1.06 bits per heavy atom. The van der Waals surface area contributed by atoms with Gasteiger partial charge in [-0.05, 0) is 69.8 Å². The van der Waals surface area contributed by atoms with Gasteiger partial charge >= 0.3 is 0 Å². The number of benzene rings is 1. The van der Waals surface area contributed by atoms with Crippen LogP contribution in [0.1, 0.15) is 42.9 Å². The standard InChI is InChI=1S/C23H38N4O3S/c1-18-15-20(3)22(16-19(18)2)31(29,30)27(14-13-25-10-6-5-7-21(25)4)17-23(28)26-11-8-24-9-12-26/h15-16,21,24H,5-14,17H2,1-4H3/t21-/m1/s1. The molecule has 0 saturated carbocycles. The number of hydrogen-bond acceptors (Lipinski definition) is 5. The van der Waals surface area contributed by atoms with Gasteiger partial charge in [0.15, 0.2) is 0 Å². The van der Waals surface area contributed by atoms with Crippen molar-refractivity contribution in [3.8, 4) is 0 Å². The lowest BCUT2D eigenvalue weighted by atomic mass is 10.0. The molecule has 0 spiro atoms. The summed E-state index contributed by atoms with van der Waals surface area (Å²) in [4.78, 5) is 17.4. The van der Waals surface area contributed by atoms with Crippen molar-refractivity contribution in [3.05, 3.63) is 28.8 Å². The summed E-state index contributed by atoms with van der Waals surface area (Å²) in [6, 6.07) is 4.13. The first-order chi connectivity index (χ1) is 14.7. The molecule has 0 aliphatic carbocycles. The summed E-state index contributed by atoms with van der Waals surface area (Å²) < 4.78 is 28.8. The molecular weight excluding hydrogens is 412 g/mol. The second kappa shape index (κ2) is 10.4. The molecule has 0 unspecified atom stereocenters. The van der Waals surface area contributed by atoms with Gasteiger partial charge in [0, 0.05) is 45.3 Å². The normalized spacial score (nSPS) is 20.9. The largest absolute Gasteiger partial charge is 0.339 e. The number of piperidine rings is 1. The van der Waals surface area contributed by atoms with Crippen LogP contribution in [0.15, 0.2) is 17.0 Å². The van der Waals surface area contributed by atoms with E-state index in [0.29, 0.717) is 37.1 Å². The fourth-order valence-corrected chi connectivity index (χ4v) is 6.20. The third-order valence-electron chi connectivity index (χ3n) is 6.77.